The second-order valence-electron chi connectivity index (χ2n) is 8.62. The molecule has 0 aliphatic rings. The van der Waals surface area contributed by atoms with Gasteiger partial charge in [0.05, 0.1) is 19.1 Å². The number of amides is 2. The molecule has 0 aliphatic heterocycles. The topological polar surface area (TPSA) is 96.0 Å². The summed E-state index contributed by atoms with van der Waals surface area (Å²) in [4.78, 5) is 27.4. The Morgan fingerprint density at radius 3 is 2.37 bits per heavy atom. The lowest BCUT2D eigenvalue weighted by molar-refractivity contribution is -0.141. The molecule has 0 heterocycles. The maximum atomic E-state index is 13.3. The van der Waals surface area contributed by atoms with Crippen molar-refractivity contribution in [2.45, 2.75) is 52.6 Å². The van der Waals surface area contributed by atoms with E-state index in [9.17, 15) is 18.0 Å². The number of hydrogen-bond donors (Lipinski definition) is 1. The van der Waals surface area contributed by atoms with Gasteiger partial charge in [-0.2, -0.15) is 0 Å². The Labute approximate surface area is 209 Å². The summed E-state index contributed by atoms with van der Waals surface area (Å²) >= 11 is 0. The number of carbonyl (C=O) groups excluding carboxylic acids is 2. The second kappa shape index (κ2) is 12.6. The molecule has 192 valence electrons. The smallest absolute Gasteiger partial charge is 0.242 e. The largest absolute Gasteiger partial charge is 0.497 e. The molecule has 0 bridgehead atoms. The molecule has 0 radical (unpaired) electrons. The highest BCUT2D eigenvalue weighted by Crippen LogP contribution is 2.23. The van der Waals surface area contributed by atoms with Crippen LogP contribution < -0.4 is 14.4 Å². The molecule has 0 saturated heterocycles. The van der Waals surface area contributed by atoms with Crippen LogP contribution in [-0.4, -0.2) is 58.1 Å². The minimum Gasteiger partial charge on any atom is -0.497 e. The van der Waals surface area contributed by atoms with E-state index in [1.54, 1.807) is 25.1 Å². The van der Waals surface area contributed by atoms with Crippen molar-refractivity contribution in [3.63, 3.8) is 0 Å². The zero-order valence-corrected chi connectivity index (χ0v) is 22.3. The molecule has 1 N–H and O–H groups in total. The molecule has 2 aromatic carbocycles. The Bertz CT molecular complexity index is 1130. The number of anilines is 1. The maximum absolute atomic E-state index is 13.3. The number of ether oxygens (including phenoxy) is 1. The molecule has 2 aromatic rings. The lowest BCUT2D eigenvalue weighted by Crippen LogP contribution is -2.48. The first-order valence-corrected chi connectivity index (χ1v) is 13.6. The lowest BCUT2D eigenvalue weighted by atomic mass is 10.1. The molecule has 1 atom stereocenters. The molecule has 8 nitrogen and oxygen atoms in total. The Morgan fingerprint density at radius 1 is 1.09 bits per heavy atom. The van der Waals surface area contributed by atoms with E-state index in [1.165, 1.54) is 4.31 Å². The van der Waals surface area contributed by atoms with E-state index < -0.39 is 16.1 Å². The van der Waals surface area contributed by atoms with Gasteiger partial charge in [-0.1, -0.05) is 25.1 Å². The van der Waals surface area contributed by atoms with Crippen LogP contribution in [0.3, 0.4) is 0 Å². The summed E-state index contributed by atoms with van der Waals surface area (Å²) in [5.41, 5.74) is 3.49. The Kier molecular flexibility index (Phi) is 10.1. The van der Waals surface area contributed by atoms with Gasteiger partial charge in [-0.05, 0) is 67.6 Å². The maximum Gasteiger partial charge on any atom is 0.242 e. The van der Waals surface area contributed by atoms with Gasteiger partial charge in [0.15, 0.2) is 0 Å². The average Bonchev–Trinajstić information content (AvgIpc) is 2.82. The zero-order valence-electron chi connectivity index (χ0n) is 21.5. The van der Waals surface area contributed by atoms with Gasteiger partial charge in [-0.3, -0.25) is 13.9 Å². The number of likely N-dealkylation sites (N-methyl/N-ethyl adjacent to an activating group) is 1. The number of benzene rings is 2. The minimum atomic E-state index is -3.53. The molecule has 2 amide bonds. The molecule has 2 rings (SSSR count). The van der Waals surface area contributed by atoms with Crippen molar-refractivity contribution in [2.75, 3.05) is 31.3 Å². The third kappa shape index (κ3) is 7.71. The summed E-state index contributed by atoms with van der Waals surface area (Å²) in [5.74, 6) is 0.216. The van der Waals surface area contributed by atoms with Gasteiger partial charge in [-0.25, -0.2) is 8.42 Å². The van der Waals surface area contributed by atoms with Crippen molar-refractivity contribution in [2.24, 2.45) is 0 Å². The molecule has 0 spiro atoms. The third-order valence-corrected chi connectivity index (χ3v) is 7.24. The molecule has 0 fully saturated rings. The fourth-order valence-electron chi connectivity index (χ4n) is 3.94. The van der Waals surface area contributed by atoms with Crippen molar-refractivity contribution in [3.05, 3.63) is 59.2 Å². The van der Waals surface area contributed by atoms with Crippen molar-refractivity contribution < 1.29 is 22.7 Å². The number of nitrogens with one attached hydrogen (secondary N) is 1. The zero-order chi connectivity index (χ0) is 26.2. The summed E-state index contributed by atoms with van der Waals surface area (Å²) in [6.45, 7) is 6.17. The second-order valence-corrected chi connectivity index (χ2v) is 10.5. The number of carbonyl (C=O) groups is 2. The number of hydrogen-bond acceptors (Lipinski definition) is 5. The fraction of sp³-hybridized carbons (Fsp3) is 0.462. The summed E-state index contributed by atoms with van der Waals surface area (Å²) in [7, 11) is -0.408. The summed E-state index contributed by atoms with van der Waals surface area (Å²) in [6.07, 6.45) is 2.04. The molecule has 9 heteroatoms. The molecule has 0 saturated carbocycles. The van der Waals surface area contributed by atoms with E-state index in [2.05, 4.69) is 5.32 Å². The van der Waals surface area contributed by atoms with E-state index in [0.29, 0.717) is 24.3 Å². The summed E-state index contributed by atoms with van der Waals surface area (Å²) in [6, 6.07) is 12.2. The van der Waals surface area contributed by atoms with Crippen molar-refractivity contribution in [3.8, 4) is 5.75 Å². The quantitative estimate of drug-likeness (QED) is 0.479. The molecule has 0 unspecified atom stereocenters. The summed E-state index contributed by atoms with van der Waals surface area (Å²) in [5, 5.41) is 2.64. The van der Waals surface area contributed by atoms with E-state index in [4.69, 9.17) is 4.74 Å². The number of methoxy groups -OCH3 is 1. The number of sulfonamides is 1. The van der Waals surface area contributed by atoms with Crippen LogP contribution in [0.2, 0.25) is 0 Å². The first-order valence-electron chi connectivity index (χ1n) is 11.7. The minimum absolute atomic E-state index is 0.105. The van der Waals surface area contributed by atoms with E-state index in [0.717, 1.165) is 22.9 Å². The van der Waals surface area contributed by atoms with Crippen LogP contribution in [0.25, 0.3) is 0 Å². The first-order chi connectivity index (χ1) is 16.5. The Morgan fingerprint density at radius 2 is 1.80 bits per heavy atom. The monoisotopic (exact) mass is 503 g/mol. The normalized spacial score (nSPS) is 12.1. The van der Waals surface area contributed by atoms with Gasteiger partial charge in [0.25, 0.3) is 0 Å². The van der Waals surface area contributed by atoms with Gasteiger partial charge in [0.1, 0.15) is 11.8 Å². The molecule has 0 aliphatic carbocycles. The molecule has 0 aromatic heterocycles. The Hall–Kier alpha value is -3.07. The van der Waals surface area contributed by atoms with Crippen LogP contribution in [0.4, 0.5) is 5.69 Å². The predicted octanol–water partition coefficient (Wildman–Crippen LogP) is 3.41. The summed E-state index contributed by atoms with van der Waals surface area (Å²) < 4.78 is 31.6. The Balaban J connectivity index is 2.22. The highest BCUT2D eigenvalue weighted by Gasteiger charge is 2.28. The SMILES string of the molecule is CC[C@H](C(=O)NC)N(Cc1cccc(OC)c1)C(=O)CCCN(c1ccc(C)c(C)c1)S(C)(=O)=O. The van der Waals surface area contributed by atoms with Crippen LogP contribution in [0.15, 0.2) is 42.5 Å². The van der Waals surface area contributed by atoms with Gasteiger partial charge in [-0.15, -0.1) is 0 Å². The molecule has 35 heavy (non-hydrogen) atoms. The van der Waals surface area contributed by atoms with E-state index in [1.807, 2.05) is 57.2 Å². The lowest BCUT2D eigenvalue weighted by Gasteiger charge is -2.31. The van der Waals surface area contributed by atoms with Crippen LogP contribution in [0.1, 0.15) is 42.9 Å². The van der Waals surface area contributed by atoms with Crippen molar-refractivity contribution in [1.29, 1.82) is 0 Å². The van der Waals surface area contributed by atoms with Crippen molar-refractivity contribution >= 4 is 27.5 Å². The highest BCUT2D eigenvalue weighted by atomic mass is 32.2. The number of rotatable bonds is 12. The van der Waals surface area contributed by atoms with Gasteiger partial charge in [0.2, 0.25) is 21.8 Å². The third-order valence-electron chi connectivity index (χ3n) is 6.05. The molecular formula is C26H37N3O5S. The highest BCUT2D eigenvalue weighted by molar-refractivity contribution is 7.92. The van der Waals surface area contributed by atoms with Crippen molar-refractivity contribution in [1.82, 2.24) is 10.2 Å². The van der Waals surface area contributed by atoms with E-state index in [-0.39, 0.29) is 31.3 Å². The van der Waals surface area contributed by atoms with Gasteiger partial charge >= 0.3 is 0 Å². The van der Waals surface area contributed by atoms with Crippen LogP contribution in [0.5, 0.6) is 5.75 Å². The van der Waals surface area contributed by atoms with Crippen LogP contribution in [0, 0.1) is 13.8 Å². The standard InChI is InChI=1S/C26H37N3O5S/c1-7-24(26(31)27-4)28(18-21-10-8-11-23(17-21)34-5)25(30)12-9-15-29(35(6,32)33)22-14-13-19(2)20(3)16-22/h8,10-11,13-14,16-17,24H,7,9,12,15,18H2,1-6H3,(H,27,31)/t24-/m1/s1. The van der Waals surface area contributed by atoms with E-state index >= 15 is 0 Å². The number of aryl methyl sites for hydroxylation is 2. The van der Waals surface area contributed by atoms with Crippen LogP contribution >= 0.6 is 0 Å². The first kappa shape index (κ1) is 28.2. The van der Waals surface area contributed by atoms with Crippen LogP contribution in [-0.2, 0) is 26.2 Å². The predicted molar refractivity (Wildman–Crippen MR) is 139 cm³/mol. The fourth-order valence-corrected chi connectivity index (χ4v) is 4.90. The van der Waals surface area contributed by atoms with Gasteiger partial charge < -0.3 is 15.0 Å². The average molecular weight is 504 g/mol. The number of nitrogens with zero attached hydrogens (tertiary/aromatic N) is 2. The molecular weight excluding hydrogens is 466 g/mol. The van der Waals surface area contributed by atoms with Gasteiger partial charge in [0, 0.05) is 26.6 Å².